The average Bonchev–Trinajstić information content (AvgIpc) is 3.10. The first-order valence-corrected chi connectivity index (χ1v) is 10.0. The number of nitrogens with one attached hydrogen (secondary N) is 1. The molecule has 0 atom stereocenters. The van der Waals surface area contributed by atoms with Crippen LogP contribution in [0.15, 0.2) is 46.0 Å². The molecular weight excluding hydrogens is 470 g/mol. The summed E-state index contributed by atoms with van der Waals surface area (Å²) < 4.78 is 1.94. The summed E-state index contributed by atoms with van der Waals surface area (Å²) in [6, 6.07) is 9.85. The quantitative estimate of drug-likeness (QED) is 0.514. The number of amides is 1. The highest BCUT2D eigenvalue weighted by atomic mass is 79.9. The van der Waals surface area contributed by atoms with Crippen LogP contribution in [-0.2, 0) is 4.79 Å². The van der Waals surface area contributed by atoms with E-state index in [1.807, 2.05) is 13.0 Å². The monoisotopic (exact) mass is 481 g/mol. The van der Waals surface area contributed by atoms with Gasteiger partial charge in [0.05, 0.1) is 27.7 Å². The van der Waals surface area contributed by atoms with Crippen LogP contribution in [0.1, 0.15) is 15.9 Å². The standard InChI is InChI=1S/C17H13BrClN5O3S/c1-9-2-5-14(12(19)6-9)24-17(21-22-23-24)28-8-15(25)20-13-4-3-10(16(26)27)7-11(13)18/h2-7H,8H2,1H3,(H,20,25)(H,26,27). The molecule has 3 aromatic rings. The van der Waals surface area contributed by atoms with Gasteiger partial charge in [-0.25, -0.2) is 4.79 Å². The van der Waals surface area contributed by atoms with Gasteiger partial charge < -0.3 is 10.4 Å². The van der Waals surface area contributed by atoms with E-state index in [4.69, 9.17) is 16.7 Å². The first-order valence-electron chi connectivity index (χ1n) is 7.85. The molecule has 0 unspecified atom stereocenters. The first-order chi connectivity index (χ1) is 13.3. The predicted octanol–water partition coefficient (Wildman–Crippen LogP) is 3.82. The topological polar surface area (TPSA) is 110 Å². The Morgan fingerprint density at radius 2 is 2.07 bits per heavy atom. The number of nitrogens with zero attached hydrogens (tertiary/aromatic N) is 4. The van der Waals surface area contributed by atoms with Crippen molar-refractivity contribution in [2.75, 3.05) is 11.1 Å². The van der Waals surface area contributed by atoms with Crippen molar-refractivity contribution in [3.8, 4) is 5.69 Å². The van der Waals surface area contributed by atoms with E-state index in [-0.39, 0.29) is 17.2 Å². The zero-order chi connectivity index (χ0) is 20.3. The number of aromatic nitrogens is 4. The van der Waals surface area contributed by atoms with E-state index in [1.165, 1.54) is 22.9 Å². The van der Waals surface area contributed by atoms with Gasteiger partial charge in [-0.3, -0.25) is 4.79 Å². The molecule has 144 valence electrons. The van der Waals surface area contributed by atoms with Crippen molar-refractivity contribution < 1.29 is 14.7 Å². The second kappa shape index (κ2) is 8.72. The third-order valence-electron chi connectivity index (χ3n) is 3.59. The average molecular weight is 483 g/mol. The fourth-order valence-electron chi connectivity index (χ4n) is 2.27. The van der Waals surface area contributed by atoms with Crippen LogP contribution in [0.5, 0.6) is 0 Å². The fraction of sp³-hybridized carbons (Fsp3) is 0.118. The normalized spacial score (nSPS) is 10.7. The van der Waals surface area contributed by atoms with Crippen LogP contribution < -0.4 is 5.32 Å². The minimum atomic E-state index is -1.05. The Morgan fingerprint density at radius 3 is 2.75 bits per heavy atom. The molecule has 2 aromatic carbocycles. The van der Waals surface area contributed by atoms with E-state index in [1.54, 1.807) is 12.1 Å². The third kappa shape index (κ3) is 4.70. The van der Waals surface area contributed by atoms with E-state index >= 15 is 0 Å². The van der Waals surface area contributed by atoms with Crippen molar-refractivity contribution in [3.05, 3.63) is 57.0 Å². The molecule has 0 aliphatic heterocycles. The molecular formula is C17H13BrClN5O3S. The highest BCUT2D eigenvalue weighted by Gasteiger charge is 2.15. The molecule has 1 heterocycles. The number of carboxylic acid groups (broad SMARTS) is 1. The minimum absolute atomic E-state index is 0.0526. The summed E-state index contributed by atoms with van der Waals surface area (Å²) in [4.78, 5) is 23.2. The SMILES string of the molecule is Cc1ccc(-n2nnnc2SCC(=O)Nc2ccc(C(=O)O)cc2Br)c(Cl)c1. The van der Waals surface area contributed by atoms with Crippen LogP contribution in [0, 0.1) is 6.92 Å². The van der Waals surface area contributed by atoms with Gasteiger partial charge in [-0.2, -0.15) is 4.68 Å². The van der Waals surface area contributed by atoms with Gasteiger partial charge in [0.1, 0.15) is 0 Å². The minimum Gasteiger partial charge on any atom is -0.478 e. The molecule has 0 radical (unpaired) electrons. The van der Waals surface area contributed by atoms with Gasteiger partial charge in [0.15, 0.2) is 0 Å². The summed E-state index contributed by atoms with van der Waals surface area (Å²) in [6.07, 6.45) is 0. The lowest BCUT2D eigenvalue weighted by atomic mass is 10.2. The van der Waals surface area contributed by atoms with Crippen LogP contribution in [0.4, 0.5) is 5.69 Å². The van der Waals surface area contributed by atoms with E-state index < -0.39 is 5.97 Å². The van der Waals surface area contributed by atoms with Crippen LogP contribution in [0.2, 0.25) is 5.02 Å². The van der Waals surface area contributed by atoms with Crippen molar-refractivity contribution in [3.63, 3.8) is 0 Å². The second-order valence-electron chi connectivity index (χ2n) is 5.66. The number of thioether (sulfide) groups is 1. The Labute approximate surface area is 177 Å². The molecule has 0 fully saturated rings. The number of rotatable bonds is 6. The summed E-state index contributed by atoms with van der Waals surface area (Å²) in [5.74, 6) is -1.29. The van der Waals surface area contributed by atoms with Crippen LogP contribution in [0.25, 0.3) is 5.69 Å². The maximum atomic E-state index is 12.3. The van der Waals surface area contributed by atoms with Crippen LogP contribution >= 0.6 is 39.3 Å². The number of tetrazole rings is 1. The van der Waals surface area contributed by atoms with Crippen LogP contribution in [-0.4, -0.2) is 42.9 Å². The summed E-state index contributed by atoms with van der Waals surface area (Å²) in [5, 5.41) is 24.1. The number of hydrogen-bond acceptors (Lipinski definition) is 6. The van der Waals surface area contributed by atoms with Gasteiger partial charge in [0.25, 0.3) is 0 Å². The Bertz CT molecular complexity index is 1060. The van der Waals surface area contributed by atoms with E-state index in [2.05, 4.69) is 36.8 Å². The number of hydrogen-bond donors (Lipinski definition) is 2. The van der Waals surface area contributed by atoms with Crippen molar-refractivity contribution in [2.24, 2.45) is 0 Å². The lowest BCUT2D eigenvalue weighted by molar-refractivity contribution is -0.113. The van der Waals surface area contributed by atoms with Crippen molar-refractivity contribution in [2.45, 2.75) is 12.1 Å². The smallest absolute Gasteiger partial charge is 0.335 e. The van der Waals surface area contributed by atoms with Gasteiger partial charge in [-0.15, -0.1) is 5.10 Å². The molecule has 0 saturated carbocycles. The number of carbonyl (C=O) groups is 2. The summed E-state index contributed by atoms with van der Waals surface area (Å²) in [6.45, 7) is 1.93. The number of benzene rings is 2. The number of aromatic carboxylic acids is 1. The molecule has 1 amide bonds. The molecule has 28 heavy (non-hydrogen) atoms. The molecule has 0 saturated heterocycles. The number of carbonyl (C=O) groups excluding carboxylic acids is 1. The number of carboxylic acids is 1. The molecule has 0 aliphatic rings. The third-order valence-corrected chi connectivity index (χ3v) is 5.47. The van der Waals surface area contributed by atoms with Crippen LogP contribution in [0.3, 0.4) is 0 Å². The maximum absolute atomic E-state index is 12.3. The highest BCUT2D eigenvalue weighted by Crippen LogP contribution is 2.26. The van der Waals surface area contributed by atoms with Gasteiger partial charge >= 0.3 is 5.97 Å². The van der Waals surface area contributed by atoms with Crippen molar-refractivity contribution in [1.29, 1.82) is 0 Å². The van der Waals surface area contributed by atoms with Gasteiger partial charge in [0.2, 0.25) is 11.1 Å². The Balaban J connectivity index is 1.68. The number of aryl methyl sites for hydroxylation is 1. The van der Waals surface area contributed by atoms with Crippen molar-refractivity contribution >= 4 is 56.9 Å². The van der Waals surface area contributed by atoms with Gasteiger partial charge in [-0.1, -0.05) is 29.4 Å². The number of anilines is 1. The number of halogens is 2. The molecule has 0 bridgehead atoms. The molecule has 0 aliphatic carbocycles. The van der Waals surface area contributed by atoms with E-state index in [0.29, 0.717) is 26.0 Å². The fourth-order valence-corrected chi connectivity index (χ4v) is 3.75. The van der Waals surface area contributed by atoms with Gasteiger partial charge in [-0.05, 0) is 69.2 Å². The molecule has 2 N–H and O–H groups in total. The molecule has 3 rings (SSSR count). The zero-order valence-corrected chi connectivity index (χ0v) is 17.5. The van der Waals surface area contributed by atoms with Crippen molar-refractivity contribution in [1.82, 2.24) is 20.2 Å². The molecule has 0 spiro atoms. The Kier molecular flexibility index (Phi) is 6.32. The molecule has 8 nitrogen and oxygen atoms in total. The first kappa shape index (κ1) is 20.3. The Hall–Kier alpha value is -2.43. The Morgan fingerprint density at radius 1 is 1.29 bits per heavy atom. The lowest BCUT2D eigenvalue weighted by Crippen LogP contribution is -2.15. The summed E-state index contributed by atoms with van der Waals surface area (Å²) in [5.41, 5.74) is 2.22. The largest absolute Gasteiger partial charge is 0.478 e. The van der Waals surface area contributed by atoms with E-state index in [0.717, 1.165) is 17.3 Å². The zero-order valence-electron chi connectivity index (χ0n) is 14.4. The second-order valence-corrected chi connectivity index (χ2v) is 7.87. The maximum Gasteiger partial charge on any atom is 0.335 e. The summed E-state index contributed by atoms with van der Waals surface area (Å²) in [7, 11) is 0. The molecule has 11 heteroatoms. The summed E-state index contributed by atoms with van der Waals surface area (Å²) >= 11 is 10.7. The van der Waals surface area contributed by atoms with E-state index in [9.17, 15) is 9.59 Å². The lowest BCUT2D eigenvalue weighted by Gasteiger charge is -2.09. The highest BCUT2D eigenvalue weighted by molar-refractivity contribution is 9.10. The predicted molar refractivity (Wildman–Crippen MR) is 109 cm³/mol. The molecule has 1 aromatic heterocycles. The van der Waals surface area contributed by atoms with Gasteiger partial charge in [0, 0.05) is 4.47 Å².